The lowest BCUT2D eigenvalue weighted by Crippen LogP contribution is -2.20. The monoisotopic (exact) mass is 327 g/mol. The average molecular weight is 327 g/mol. The summed E-state index contributed by atoms with van der Waals surface area (Å²) in [4.78, 5) is 11.9. The number of ether oxygens (including phenoxy) is 2. The first-order chi connectivity index (χ1) is 11.6. The molecule has 2 rings (SSSR count). The van der Waals surface area contributed by atoms with Gasteiger partial charge in [0.05, 0.1) is 6.61 Å². The van der Waals surface area contributed by atoms with E-state index in [1.807, 2.05) is 48.5 Å². The van der Waals surface area contributed by atoms with Crippen LogP contribution in [-0.4, -0.2) is 19.1 Å². The molecule has 0 spiro atoms. The van der Waals surface area contributed by atoms with Gasteiger partial charge in [0.2, 0.25) is 0 Å². The molecule has 0 radical (unpaired) electrons. The predicted molar refractivity (Wildman–Crippen MR) is 96.7 cm³/mol. The Kier molecular flexibility index (Phi) is 6.67. The number of carbonyl (C=O) groups is 1. The SMILES string of the molecule is CCc1ccc(OCC(=O)Nc2ccc(OCC(C)C)cc2)cc1. The lowest BCUT2D eigenvalue weighted by molar-refractivity contribution is -0.118. The van der Waals surface area contributed by atoms with Gasteiger partial charge in [-0.25, -0.2) is 0 Å². The Hall–Kier alpha value is -2.49. The fraction of sp³-hybridized carbons (Fsp3) is 0.350. The molecule has 0 aliphatic carbocycles. The number of anilines is 1. The van der Waals surface area contributed by atoms with Gasteiger partial charge in [0.1, 0.15) is 11.5 Å². The topological polar surface area (TPSA) is 47.6 Å². The van der Waals surface area contributed by atoms with E-state index in [9.17, 15) is 4.79 Å². The lowest BCUT2D eigenvalue weighted by Gasteiger charge is -2.10. The zero-order chi connectivity index (χ0) is 17.4. The van der Waals surface area contributed by atoms with Crippen LogP contribution in [0.2, 0.25) is 0 Å². The molecule has 0 heterocycles. The van der Waals surface area contributed by atoms with Crippen molar-refractivity contribution >= 4 is 11.6 Å². The van der Waals surface area contributed by atoms with Crippen LogP contribution in [0.25, 0.3) is 0 Å². The molecule has 0 atom stereocenters. The first-order valence-corrected chi connectivity index (χ1v) is 8.31. The van der Waals surface area contributed by atoms with Crippen LogP contribution in [0.4, 0.5) is 5.69 Å². The molecular weight excluding hydrogens is 302 g/mol. The van der Waals surface area contributed by atoms with Crippen molar-refractivity contribution in [3.63, 3.8) is 0 Å². The molecule has 1 N–H and O–H groups in total. The van der Waals surface area contributed by atoms with E-state index >= 15 is 0 Å². The molecule has 0 saturated heterocycles. The van der Waals surface area contributed by atoms with E-state index in [4.69, 9.17) is 9.47 Å². The van der Waals surface area contributed by atoms with Crippen LogP contribution in [0.15, 0.2) is 48.5 Å². The zero-order valence-corrected chi connectivity index (χ0v) is 14.5. The Labute approximate surface area is 143 Å². The number of aryl methyl sites for hydroxylation is 1. The highest BCUT2D eigenvalue weighted by atomic mass is 16.5. The van der Waals surface area contributed by atoms with Gasteiger partial charge in [0.15, 0.2) is 6.61 Å². The van der Waals surface area contributed by atoms with E-state index in [-0.39, 0.29) is 12.5 Å². The highest BCUT2D eigenvalue weighted by Gasteiger charge is 2.05. The van der Waals surface area contributed by atoms with Gasteiger partial charge in [-0.15, -0.1) is 0 Å². The third kappa shape index (κ3) is 5.95. The normalized spacial score (nSPS) is 10.5. The number of nitrogens with one attached hydrogen (secondary N) is 1. The molecule has 0 unspecified atom stereocenters. The molecule has 1 amide bonds. The van der Waals surface area contributed by atoms with Crippen molar-refractivity contribution in [1.29, 1.82) is 0 Å². The fourth-order valence-corrected chi connectivity index (χ4v) is 2.06. The van der Waals surface area contributed by atoms with Gasteiger partial charge in [0, 0.05) is 5.69 Å². The van der Waals surface area contributed by atoms with E-state index in [1.165, 1.54) is 5.56 Å². The van der Waals surface area contributed by atoms with Gasteiger partial charge < -0.3 is 14.8 Å². The molecule has 2 aromatic rings. The largest absolute Gasteiger partial charge is 0.493 e. The Morgan fingerprint density at radius 3 is 2.12 bits per heavy atom. The van der Waals surface area contributed by atoms with E-state index in [1.54, 1.807) is 0 Å². The maximum atomic E-state index is 11.9. The highest BCUT2D eigenvalue weighted by Crippen LogP contribution is 2.17. The molecule has 0 bridgehead atoms. The number of carbonyl (C=O) groups excluding carboxylic acids is 1. The predicted octanol–water partition coefficient (Wildman–Crippen LogP) is 4.30. The number of hydrogen-bond donors (Lipinski definition) is 1. The second kappa shape index (κ2) is 8.96. The van der Waals surface area contributed by atoms with E-state index < -0.39 is 0 Å². The van der Waals surface area contributed by atoms with Crippen LogP contribution in [0.1, 0.15) is 26.3 Å². The molecule has 2 aromatic carbocycles. The van der Waals surface area contributed by atoms with E-state index in [2.05, 4.69) is 26.1 Å². The van der Waals surface area contributed by atoms with Gasteiger partial charge in [-0.3, -0.25) is 4.79 Å². The summed E-state index contributed by atoms with van der Waals surface area (Å²) in [7, 11) is 0. The summed E-state index contributed by atoms with van der Waals surface area (Å²) in [6.45, 7) is 6.96. The summed E-state index contributed by atoms with van der Waals surface area (Å²) in [6, 6.07) is 15.1. The third-order valence-corrected chi connectivity index (χ3v) is 3.42. The summed E-state index contributed by atoms with van der Waals surface area (Å²) < 4.78 is 11.1. The zero-order valence-electron chi connectivity index (χ0n) is 14.5. The number of hydrogen-bond acceptors (Lipinski definition) is 3. The smallest absolute Gasteiger partial charge is 0.262 e. The van der Waals surface area contributed by atoms with Crippen LogP contribution in [-0.2, 0) is 11.2 Å². The van der Waals surface area contributed by atoms with Crippen molar-refractivity contribution in [3.05, 3.63) is 54.1 Å². The highest BCUT2D eigenvalue weighted by molar-refractivity contribution is 5.91. The van der Waals surface area contributed by atoms with Crippen LogP contribution in [0.5, 0.6) is 11.5 Å². The Morgan fingerprint density at radius 2 is 1.54 bits per heavy atom. The molecule has 24 heavy (non-hydrogen) atoms. The van der Waals surface area contributed by atoms with Gasteiger partial charge in [-0.05, 0) is 54.3 Å². The molecule has 0 aromatic heterocycles. The summed E-state index contributed by atoms with van der Waals surface area (Å²) in [5, 5.41) is 2.81. The minimum atomic E-state index is -0.189. The lowest BCUT2D eigenvalue weighted by atomic mass is 10.2. The third-order valence-electron chi connectivity index (χ3n) is 3.42. The number of benzene rings is 2. The summed E-state index contributed by atoms with van der Waals surface area (Å²) in [5.74, 6) is 1.78. The van der Waals surface area contributed by atoms with Crippen molar-refractivity contribution in [2.45, 2.75) is 27.2 Å². The first kappa shape index (κ1) is 17.9. The van der Waals surface area contributed by atoms with Crippen LogP contribution < -0.4 is 14.8 Å². The number of amides is 1. The van der Waals surface area contributed by atoms with Gasteiger partial charge in [-0.2, -0.15) is 0 Å². The maximum Gasteiger partial charge on any atom is 0.262 e. The van der Waals surface area contributed by atoms with Crippen molar-refractivity contribution in [1.82, 2.24) is 0 Å². The van der Waals surface area contributed by atoms with Crippen molar-refractivity contribution in [3.8, 4) is 11.5 Å². The summed E-state index contributed by atoms with van der Waals surface area (Å²) >= 11 is 0. The molecule has 4 heteroatoms. The van der Waals surface area contributed by atoms with Crippen LogP contribution >= 0.6 is 0 Å². The Balaban J connectivity index is 1.78. The quantitative estimate of drug-likeness (QED) is 0.786. The molecule has 0 fully saturated rings. The van der Waals surface area contributed by atoms with Crippen LogP contribution in [0, 0.1) is 5.92 Å². The molecule has 4 nitrogen and oxygen atoms in total. The molecule has 128 valence electrons. The first-order valence-electron chi connectivity index (χ1n) is 8.31. The molecule has 0 saturated carbocycles. The Bertz CT molecular complexity index is 633. The summed E-state index contributed by atoms with van der Waals surface area (Å²) in [6.07, 6.45) is 0.984. The van der Waals surface area contributed by atoms with E-state index in [0.29, 0.717) is 18.3 Å². The van der Waals surface area contributed by atoms with Gasteiger partial charge in [0.25, 0.3) is 5.91 Å². The van der Waals surface area contributed by atoms with E-state index in [0.717, 1.165) is 17.9 Å². The second-order valence-corrected chi connectivity index (χ2v) is 6.06. The standard InChI is InChI=1S/C20H25NO3/c1-4-16-5-9-18(10-6-16)24-14-20(22)21-17-7-11-19(12-8-17)23-13-15(2)3/h5-12,15H,4,13-14H2,1-3H3,(H,21,22). The van der Waals surface area contributed by atoms with Gasteiger partial charge >= 0.3 is 0 Å². The fourth-order valence-electron chi connectivity index (χ4n) is 2.06. The molecule has 0 aliphatic heterocycles. The minimum absolute atomic E-state index is 0.0168. The van der Waals surface area contributed by atoms with Crippen molar-refractivity contribution in [2.75, 3.05) is 18.5 Å². The molecular formula is C20H25NO3. The van der Waals surface area contributed by atoms with Crippen molar-refractivity contribution < 1.29 is 14.3 Å². The number of rotatable bonds is 8. The minimum Gasteiger partial charge on any atom is -0.493 e. The second-order valence-electron chi connectivity index (χ2n) is 6.06. The maximum absolute atomic E-state index is 11.9. The summed E-state index contributed by atoms with van der Waals surface area (Å²) in [5.41, 5.74) is 1.97. The van der Waals surface area contributed by atoms with Crippen molar-refractivity contribution in [2.24, 2.45) is 5.92 Å². The Morgan fingerprint density at radius 1 is 0.958 bits per heavy atom. The molecule has 0 aliphatic rings. The average Bonchev–Trinajstić information content (AvgIpc) is 2.60. The van der Waals surface area contributed by atoms with Crippen LogP contribution in [0.3, 0.4) is 0 Å². The van der Waals surface area contributed by atoms with Gasteiger partial charge in [-0.1, -0.05) is 32.9 Å².